The third-order valence-corrected chi connectivity index (χ3v) is 4.58. The van der Waals surface area contributed by atoms with Crippen LogP contribution in [0.2, 0.25) is 0 Å². The van der Waals surface area contributed by atoms with Crippen molar-refractivity contribution in [2.24, 2.45) is 16.3 Å². The molecule has 0 aliphatic heterocycles. The fourth-order valence-electron chi connectivity index (χ4n) is 2.72. The molecule has 0 radical (unpaired) electrons. The van der Waals surface area contributed by atoms with E-state index in [4.69, 9.17) is 10.9 Å². The number of hydrogen-bond donors (Lipinski definition) is 3. The average molecular weight is 284 g/mol. The van der Waals surface area contributed by atoms with Crippen LogP contribution in [0.5, 0.6) is 0 Å². The molecular weight excluding hydrogens is 256 g/mol. The predicted octanol–water partition coefficient (Wildman–Crippen LogP) is 1.14. The molecule has 1 aliphatic rings. The lowest BCUT2D eigenvalue weighted by Gasteiger charge is -2.28. The molecule has 0 spiro atoms. The van der Waals surface area contributed by atoms with E-state index < -0.39 is 5.41 Å². The zero-order chi connectivity index (χ0) is 15.2. The number of amidine groups is 1. The van der Waals surface area contributed by atoms with Gasteiger partial charge in [0.2, 0.25) is 5.91 Å². The summed E-state index contributed by atoms with van der Waals surface area (Å²) in [4.78, 5) is 14.6. The Balaban J connectivity index is 2.52. The van der Waals surface area contributed by atoms with Gasteiger partial charge in [0.05, 0.1) is 0 Å². The lowest BCUT2D eigenvalue weighted by Crippen LogP contribution is -2.49. The van der Waals surface area contributed by atoms with Gasteiger partial charge >= 0.3 is 0 Å². The summed E-state index contributed by atoms with van der Waals surface area (Å²) < 4.78 is 0. The number of nitrogens with zero attached hydrogens (tertiary/aromatic N) is 2. The maximum Gasteiger partial charge on any atom is 0.233 e. The van der Waals surface area contributed by atoms with E-state index in [1.54, 1.807) is 0 Å². The molecule has 1 aliphatic carbocycles. The Hall–Kier alpha value is -1.30. The van der Waals surface area contributed by atoms with Gasteiger partial charge in [-0.05, 0) is 33.2 Å². The molecule has 116 valence electrons. The topological polar surface area (TPSA) is 91.0 Å². The second kappa shape index (κ2) is 7.47. The van der Waals surface area contributed by atoms with Gasteiger partial charge in [0.15, 0.2) is 5.84 Å². The van der Waals surface area contributed by atoms with Gasteiger partial charge in [-0.1, -0.05) is 24.9 Å². The van der Waals surface area contributed by atoms with E-state index in [0.717, 1.165) is 25.8 Å². The third-order valence-electron chi connectivity index (χ3n) is 4.58. The zero-order valence-corrected chi connectivity index (χ0v) is 12.9. The summed E-state index contributed by atoms with van der Waals surface area (Å²) in [5, 5.41) is 14.9. The predicted molar refractivity (Wildman–Crippen MR) is 79.7 cm³/mol. The highest BCUT2D eigenvalue weighted by atomic mass is 16.4. The summed E-state index contributed by atoms with van der Waals surface area (Å²) in [5.41, 5.74) is 4.94. The van der Waals surface area contributed by atoms with Gasteiger partial charge in [0.1, 0.15) is 5.41 Å². The summed E-state index contributed by atoms with van der Waals surface area (Å²) >= 11 is 0. The van der Waals surface area contributed by atoms with Crippen LogP contribution < -0.4 is 11.1 Å². The maximum absolute atomic E-state index is 12.4. The molecule has 0 saturated heterocycles. The molecule has 20 heavy (non-hydrogen) atoms. The molecular formula is C14H28N4O2. The first kappa shape index (κ1) is 16.8. The van der Waals surface area contributed by atoms with Crippen molar-refractivity contribution in [3.05, 3.63) is 0 Å². The second-order valence-electron chi connectivity index (χ2n) is 5.77. The first-order valence-corrected chi connectivity index (χ1v) is 7.44. The minimum Gasteiger partial charge on any atom is -0.409 e. The maximum atomic E-state index is 12.4. The fraction of sp³-hybridized carbons (Fsp3) is 0.857. The molecule has 1 fully saturated rings. The van der Waals surface area contributed by atoms with E-state index in [1.807, 2.05) is 0 Å². The number of nitrogens with two attached hydrogens (primary N) is 1. The normalized spacial score (nSPS) is 20.1. The van der Waals surface area contributed by atoms with E-state index in [9.17, 15) is 4.79 Å². The van der Waals surface area contributed by atoms with Crippen molar-refractivity contribution in [2.45, 2.75) is 52.0 Å². The second-order valence-corrected chi connectivity index (χ2v) is 5.77. The summed E-state index contributed by atoms with van der Waals surface area (Å²) in [5.74, 6) is -0.0642. The molecule has 6 nitrogen and oxygen atoms in total. The molecule has 0 aromatic rings. The first-order valence-electron chi connectivity index (χ1n) is 7.44. The first-order chi connectivity index (χ1) is 9.47. The van der Waals surface area contributed by atoms with Crippen LogP contribution in [0, 0.1) is 5.41 Å². The Morgan fingerprint density at radius 3 is 2.60 bits per heavy atom. The van der Waals surface area contributed by atoms with Crippen LogP contribution in [-0.2, 0) is 4.79 Å². The number of hydrogen-bond acceptors (Lipinski definition) is 4. The smallest absolute Gasteiger partial charge is 0.233 e. The van der Waals surface area contributed by atoms with Crippen molar-refractivity contribution >= 4 is 11.7 Å². The summed E-state index contributed by atoms with van der Waals surface area (Å²) in [7, 11) is 2.05. The lowest BCUT2D eigenvalue weighted by molar-refractivity contribution is -0.127. The standard InChI is InChI=1S/C14H28N4O2/c1-4-11(2)18(3)10-9-16-13(19)14(12(15)17-20)7-5-6-8-14/h11,20H,4-10H2,1-3H3,(H2,15,17)(H,16,19). The van der Waals surface area contributed by atoms with Crippen LogP contribution in [0.1, 0.15) is 46.0 Å². The van der Waals surface area contributed by atoms with Crippen LogP contribution >= 0.6 is 0 Å². The van der Waals surface area contributed by atoms with E-state index >= 15 is 0 Å². The van der Waals surface area contributed by atoms with Crippen molar-refractivity contribution in [1.82, 2.24) is 10.2 Å². The molecule has 4 N–H and O–H groups in total. The number of amides is 1. The van der Waals surface area contributed by atoms with E-state index in [1.165, 1.54) is 0 Å². The Bertz CT molecular complexity index is 351. The SMILES string of the molecule is CCC(C)N(C)CCNC(=O)C1(C(N)=NO)CCCC1. The van der Waals surface area contributed by atoms with Gasteiger partial charge in [-0.2, -0.15) is 0 Å². The van der Waals surface area contributed by atoms with Crippen molar-refractivity contribution in [2.75, 3.05) is 20.1 Å². The van der Waals surface area contributed by atoms with Gasteiger partial charge in [-0.15, -0.1) is 0 Å². The van der Waals surface area contributed by atoms with Gasteiger partial charge < -0.3 is 21.2 Å². The van der Waals surface area contributed by atoms with Crippen LogP contribution in [0.4, 0.5) is 0 Å². The molecule has 1 atom stereocenters. The van der Waals surface area contributed by atoms with Gasteiger partial charge in [0, 0.05) is 19.1 Å². The number of carbonyl (C=O) groups excluding carboxylic acids is 1. The molecule has 6 heteroatoms. The monoisotopic (exact) mass is 284 g/mol. The van der Waals surface area contributed by atoms with Gasteiger partial charge in [-0.3, -0.25) is 4.79 Å². The van der Waals surface area contributed by atoms with Crippen molar-refractivity contribution < 1.29 is 10.0 Å². The molecule has 0 bridgehead atoms. The summed E-state index contributed by atoms with van der Waals surface area (Å²) in [6.07, 6.45) is 4.29. The van der Waals surface area contributed by atoms with E-state index in [-0.39, 0.29) is 11.7 Å². The number of carbonyl (C=O) groups is 1. The van der Waals surface area contributed by atoms with Crippen molar-refractivity contribution in [3.63, 3.8) is 0 Å². The zero-order valence-electron chi connectivity index (χ0n) is 12.9. The van der Waals surface area contributed by atoms with Crippen LogP contribution in [0.3, 0.4) is 0 Å². The summed E-state index contributed by atoms with van der Waals surface area (Å²) in [6, 6.07) is 0.497. The van der Waals surface area contributed by atoms with Crippen LogP contribution in [0.15, 0.2) is 5.16 Å². The lowest BCUT2D eigenvalue weighted by atomic mass is 9.84. The quantitative estimate of drug-likeness (QED) is 0.283. The molecule has 0 heterocycles. The van der Waals surface area contributed by atoms with Crippen molar-refractivity contribution in [1.29, 1.82) is 0 Å². The molecule has 1 amide bonds. The molecule has 0 aromatic heterocycles. The molecule has 1 saturated carbocycles. The van der Waals surface area contributed by atoms with E-state index in [2.05, 4.69) is 36.3 Å². The highest BCUT2D eigenvalue weighted by molar-refractivity contribution is 6.07. The van der Waals surface area contributed by atoms with Crippen molar-refractivity contribution in [3.8, 4) is 0 Å². The third kappa shape index (κ3) is 3.62. The largest absolute Gasteiger partial charge is 0.409 e. The average Bonchev–Trinajstić information content (AvgIpc) is 2.95. The fourth-order valence-corrected chi connectivity index (χ4v) is 2.72. The highest BCUT2D eigenvalue weighted by Gasteiger charge is 2.45. The minimum absolute atomic E-state index is 0.0442. The molecule has 1 unspecified atom stereocenters. The number of rotatable bonds is 7. The summed E-state index contributed by atoms with van der Waals surface area (Å²) in [6.45, 7) is 5.69. The number of oxime groups is 1. The Morgan fingerprint density at radius 1 is 1.50 bits per heavy atom. The van der Waals surface area contributed by atoms with E-state index in [0.29, 0.717) is 25.4 Å². The number of likely N-dealkylation sites (N-methyl/N-ethyl adjacent to an activating group) is 1. The minimum atomic E-state index is -0.802. The molecule has 1 rings (SSSR count). The van der Waals surface area contributed by atoms with Gasteiger partial charge in [-0.25, -0.2) is 0 Å². The Kier molecular flexibility index (Phi) is 6.26. The highest BCUT2D eigenvalue weighted by Crippen LogP contribution is 2.38. The van der Waals surface area contributed by atoms with Crippen LogP contribution in [0.25, 0.3) is 0 Å². The van der Waals surface area contributed by atoms with Crippen LogP contribution in [-0.4, -0.2) is 48.0 Å². The Labute approximate surface area is 121 Å². The Morgan fingerprint density at radius 2 is 2.10 bits per heavy atom. The van der Waals surface area contributed by atoms with Gasteiger partial charge in [0.25, 0.3) is 0 Å². The molecule has 0 aromatic carbocycles. The number of nitrogens with one attached hydrogen (secondary N) is 1.